The summed E-state index contributed by atoms with van der Waals surface area (Å²) in [6.07, 6.45) is 0. The molecule has 0 saturated carbocycles. The zero-order chi connectivity index (χ0) is 16.8. The number of hydrogen-bond donors (Lipinski definition) is 2. The molecule has 2 N–H and O–H groups in total. The Morgan fingerprint density at radius 1 is 1.12 bits per heavy atom. The highest BCUT2D eigenvalue weighted by atomic mass is 79.9. The van der Waals surface area contributed by atoms with Gasteiger partial charge in [-0.1, -0.05) is 58.1 Å². The molecule has 1 amide bonds. The minimum atomic E-state index is -0.228. The Morgan fingerprint density at radius 3 is 2.62 bits per heavy atom. The van der Waals surface area contributed by atoms with Crippen molar-refractivity contribution in [3.63, 3.8) is 0 Å². The van der Waals surface area contributed by atoms with E-state index < -0.39 is 0 Å². The summed E-state index contributed by atoms with van der Waals surface area (Å²) in [5.41, 5.74) is 3.00. The van der Waals surface area contributed by atoms with Gasteiger partial charge in [0.1, 0.15) is 5.69 Å². The van der Waals surface area contributed by atoms with E-state index in [9.17, 15) is 4.79 Å². The molecule has 0 saturated heterocycles. The Hall–Kier alpha value is -2.84. The van der Waals surface area contributed by atoms with E-state index >= 15 is 0 Å². The van der Waals surface area contributed by atoms with Crippen LogP contribution < -0.4 is 5.32 Å². The molecule has 0 atom stereocenters. The lowest BCUT2D eigenvalue weighted by atomic mass is 10.1. The van der Waals surface area contributed by atoms with Crippen LogP contribution in [0.3, 0.4) is 0 Å². The number of carbonyl (C=O) groups is 1. The van der Waals surface area contributed by atoms with E-state index in [0.29, 0.717) is 5.69 Å². The second-order valence-corrected chi connectivity index (χ2v) is 5.94. The van der Waals surface area contributed by atoms with Gasteiger partial charge in [0.15, 0.2) is 0 Å². The summed E-state index contributed by atoms with van der Waals surface area (Å²) in [5, 5.41) is 9.68. The monoisotopic (exact) mass is 379 g/mol. The van der Waals surface area contributed by atoms with E-state index in [1.807, 2.05) is 54.6 Å². The quantitative estimate of drug-likeness (QED) is 0.682. The molecule has 0 aliphatic heterocycles. The average molecular weight is 380 g/mol. The number of hydrogen-bond acceptors (Lipinski definition) is 2. The standard InChI is InChI=1S/C19H14BrN3O/c20-16-10-8-15(9-11-16)17-13-18(23-22-17)19(24)21-12-4-7-14-5-2-1-3-6-14/h1-3,5-6,8-11,13H,12H2,(H,21,24)(H,22,23). The van der Waals surface area contributed by atoms with E-state index in [2.05, 4.69) is 43.3 Å². The molecule has 1 aromatic heterocycles. The molecule has 0 aliphatic carbocycles. The third-order valence-electron chi connectivity index (χ3n) is 3.31. The fourth-order valence-electron chi connectivity index (χ4n) is 2.09. The first kappa shape index (κ1) is 16.0. The normalized spacial score (nSPS) is 9.88. The van der Waals surface area contributed by atoms with Crippen molar-refractivity contribution in [3.05, 3.63) is 76.4 Å². The van der Waals surface area contributed by atoms with E-state index in [0.717, 1.165) is 21.3 Å². The van der Waals surface area contributed by atoms with Crippen molar-refractivity contribution in [1.82, 2.24) is 15.5 Å². The topological polar surface area (TPSA) is 57.8 Å². The first-order chi connectivity index (χ1) is 11.7. The van der Waals surface area contributed by atoms with Crippen LogP contribution in [0.15, 0.2) is 65.1 Å². The fraction of sp³-hybridized carbons (Fsp3) is 0.0526. The third-order valence-corrected chi connectivity index (χ3v) is 3.83. The first-order valence-corrected chi connectivity index (χ1v) is 8.15. The van der Waals surface area contributed by atoms with Gasteiger partial charge in [-0.25, -0.2) is 0 Å². The minimum Gasteiger partial charge on any atom is -0.340 e. The summed E-state index contributed by atoms with van der Waals surface area (Å²) in [5.74, 6) is 5.69. The van der Waals surface area contributed by atoms with Crippen molar-refractivity contribution in [2.75, 3.05) is 6.54 Å². The highest BCUT2D eigenvalue weighted by Crippen LogP contribution is 2.20. The third kappa shape index (κ3) is 4.12. The maximum atomic E-state index is 12.1. The van der Waals surface area contributed by atoms with Gasteiger partial charge in [-0.2, -0.15) is 5.10 Å². The molecule has 5 heteroatoms. The van der Waals surface area contributed by atoms with Crippen LogP contribution in [-0.4, -0.2) is 22.6 Å². The molecule has 1 heterocycles. The number of amides is 1. The summed E-state index contributed by atoms with van der Waals surface area (Å²) in [6, 6.07) is 19.1. The van der Waals surface area contributed by atoms with Gasteiger partial charge in [-0.05, 0) is 30.3 Å². The number of halogens is 1. The van der Waals surface area contributed by atoms with Crippen LogP contribution >= 0.6 is 15.9 Å². The summed E-state index contributed by atoms with van der Waals surface area (Å²) < 4.78 is 0.997. The van der Waals surface area contributed by atoms with Crippen molar-refractivity contribution in [1.29, 1.82) is 0 Å². The molecule has 118 valence electrons. The number of H-pyrrole nitrogens is 1. The molecule has 0 unspecified atom stereocenters. The Balaban J connectivity index is 1.60. The fourth-order valence-corrected chi connectivity index (χ4v) is 2.36. The highest BCUT2D eigenvalue weighted by Gasteiger charge is 2.10. The van der Waals surface area contributed by atoms with Gasteiger partial charge in [-0.15, -0.1) is 0 Å². The summed E-state index contributed by atoms with van der Waals surface area (Å²) in [6.45, 7) is 0.278. The van der Waals surface area contributed by atoms with Gasteiger partial charge in [-0.3, -0.25) is 9.89 Å². The first-order valence-electron chi connectivity index (χ1n) is 7.36. The molecule has 0 bridgehead atoms. The summed E-state index contributed by atoms with van der Waals surface area (Å²) >= 11 is 3.39. The Kier molecular flexibility index (Phi) is 5.09. The van der Waals surface area contributed by atoms with Gasteiger partial charge in [0, 0.05) is 15.6 Å². The minimum absolute atomic E-state index is 0.228. The molecule has 0 aliphatic rings. The van der Waals surface area contributed by atoms with E-state index in [-0.39, 0.29) is 12.5 Å². The maximum absolute atomic E-state index is 12.1. The molecular weight excluding hydrogens is 366 g/mol. The highest BCUT2D eigenvalue weighted by molar-refractivity contribution is 9.10. The van der Waals surface area contributed by atoms with Gasteiger partial charge < -0.3 is 5.32 Å². The van der Waals surface area contributed by atoms with E-state index in [4.69, 9.17) is 0 Å². The number of nitrogens with one attached hydrogen (secondary N) is 2. The van der Waals surface area contributed by atoms with Crippen LogP contribution in [0.5, 0.6) is 0 Å². The maximum Gasteiger partial charge on any atom is 0.270 e. The van der Waals surface area contributed by atoms with Gasteiger partial charge in [0.05, 0.1) is 12.2 Å². The second-order valence-electron chi connectivity index (χ2n) is 5.02. The lowest BCUT2D eigenvalue weighted by Gasteiger charge is -1.97. The van der Waals surface area contributed by atoms with E-state index in [1.165, 1.54) is 0 Å². The average Bonchev–Trinajstić information content (AvgIpc) is 3.10. The molecule has 24 heavy (non-hydrogen) atoms. The molecular formula is C19H14BrN3O. The molecule has 0 radical (unpaired) electrons. The second kappa shape index (κ2) is 7.62. The molecule has 3 aromatic rings. The zero-order valence-corrected chi connectivity index (χ0v) is 14.3. The van der Waals surface area contributed by atoms with Crippen LogP contribution in [-0.2, 0) is 0 Å². The Morgan fingerprint density at radius 2 is 1.88 bits per heavy atom. The van der Waals surface area contributed by atoms with Crippen LogP contribution in [0, 0.1) is 11.8 Å². The number of nitrogens with zero attached hydrogens (tertiary/aromatic N) is 1. The smallest absolute Gasteiger partial charge is 0.270 e. The number of carbonyl (C=O) groups excluding carboxylic acids is 1. The summed E-state index contributed by atoms with van der Waals surface area (Å²) in [4.78, 5) is 12.1. The van der Waals surface area contributed by atoms with Crippen LogP contribution in [0.4, 0.5) is 0 Å². The van der Waals surface area contributed by atoms with Crippen molar-refractivity contribution in [3.8, 4) is 23.1 Å². The molecule has 2 aromatic carbocycles. The molecule has 3 rings (SSSR count). The van der Waals surface area contributed by atoms with Crippen LogP contribution in [0.1, 0.15) is 16.1 Å². The Labute approximate surface area is 148 Å². The number of rotatable bonds is 3. The van der Waals surface area contributed by atoms with Crippen molar-refractivity contribution in [2.24, 2.45) is 0 Å². The van der Waals surface area contributed by atoms with Crippen molar-refractivity contribution in [2.45, 2.75) is 0 Å². The van der Waals surface area contributed by atoms with Crippen LogP contribution in [0.25, 0.3) is 11.3 Å². The molecule has 0 spiro atoms. The number of benzene rings is 2. The van der Waals surface area contributed by atoms with Crippen molar-refractivity contribution >= 4 is 21.8 Å². The lowest BCUT2D eigenvalue weighted by molar-refractivity contribution is 0.0953. The molecule has 0 fully saturated rings. The predicted octanol–water partition coefficient (Wildman–Crippen LogP) is 3.62. The van der Waals surface area contributed by atoms with Crippen LogP contribution in [0.2, 0.25) is 0 Å². The van der Waals surface area contributed by atoms with Gasteiger partial charge in [0.25, 0.3) is 5.91 Å². The number of aromatic nitrogens is 2. The van der Waals surface area contributed by atoms with Crippen molar-refractivity contribution < 1.29 is 4.79 Å². The van der Waals surface area contributed by atoms with Gasteiger partial charge in [0.2, 0.25) is 0 Å². The Bertz CT molecular complexity index is 890. The zero-order valence-electron chi connectivity index (χ0n) is 12.7. The molecule has 4 nitrogen and oxygen atoms in total. The van der Waals surface area contributed by atoms with E-state index in [1.54, 1.807) is 6.07 Å². The predicted molar refractivity (Wildman–Crippen MR) is 97.4 cm³/mol. The summed E-state index contributed by atoms with van der Waals surface area (Å²) in [7, 11) is 0. The lowest BCUT2D eigenvalue weighted by Crippen LogP contribution is -2.23. The van der Waals surface area contributed by atoms with Gasteiger partial charge >= 0.3 is 0 Å². The largest absolute Gasteiger partial charge is 0.340 e. The number of aromatic amines is 1. The SMILES string of the molecule is O=C(NCC#Cc1ccccc1)c1cc(-c2ccc(Br)cc2)n[nH]1.